The third kappa shape index (κ3) is 4.79. The van der Waals surface area contributed by atoms with Gasteiger partial charge in [-0.15, -0.1) is 5.10 Å². The summed E-state index contributed by atoms with van der Waals surface area (Å²) in [5.74, 6) is 1.42. The van der Waals surface area contributed by atoms with E-state index in [1.165, 1.54) is 36.7 Å². The highest BCUT2D eigenvalue weighted by Crippen LogP contribution is 2.38. The monoisotopic (exact) mass is 333 g/mol. The van der Waals surface area contributed by atoms with Crippen molar-refractivity contribution in [1.82, 2.24) is 19.7 Å². The highest BCUT2D eigenvalue weighted by atomic mass is 16.2. The Kier molecular flexibility index (Phi) is 5.48. The van der Waals surface area contributed by atoms with Gasteiger partial charge in [-0.2, -0.15) is 0 Å². The molecule has 3 rings (SSSR count). The van der Waals surface area contributed by atoms with Gasteiger partial charge in [-0.25, -0.2) is 9.67 Å². The van der Waals surface area contributed by atoms with Crippen LogP contribution in [-0.2, 0) is 16.1 Å². The Hall–Kier alpha value is -1.92. The molecule has 0 spiro atoms. The van der Waals surface area contributed by atoms with Crippen molar-refractivity contribution in [1.29, 1.82) is 0 Å². The van der Waals surface area contributed by atoms with E-state index in [0.29, 0.717) is 18.3 Å². The van der Waals surface area contributed by atoms with Crippen molar-refractivity contribution in [3.63, 3.8) is 0 Å². The summed E-state index contributed by atoms with van der Waals surface area (Å²) in [6, 6.07) is 0. The van der Waals surface area contributed by atoms with Gasteiger partial charge in [0.05, 0.1) is 0 Å². The molecule has 1 unspecified atom stereocenters. The van der Waals surface area contributed by atoms with E-state index in [0.717, 1.165) is 25.9 Å². The van der Waals surface area contributed by atoms with Crippen LogP contribution in [0.25, 0.3) is 0 Å². The fourth-order valence-corrected chi connectivity index (χ4v) is 3.29. The number of aromatic nitrogens is 3. The number of amides is 2. The zero-order chi connectivity index (χ0) is 16.9. The summed E-state index contributed by atoms with van der Waals surface area (Å²) in [6.07, 6.45) is 9.03. The first-order valence-electron chi connectivity index (χ1n) is 9.09. The average Bonchev–Trinajstić information content (AvgIpc) is 3.34. The number of hydrogen-bond acceptors (Lipinski definition) is 4. The van der Waals surface area contributed by atoms with Crippen molar-refractivity contribution in [2.24, 2.45) is 11.8 Å². The molecule has 0 aromatic carbocycles. The summed E-state index contributed by atoms with van der Waals surface area (Å²) in [7, 11) is 0. The summed E-state index contributed by atoms with van der Waals surface area (Å²) >= 11 is 0. The van der Waals surface area contributed by atoms with Gasteiger partial charge >= 0.3 is 0 Å². The third-order valence-corrected chi connectivity index (χ3v) is 4.98. The van der Waals surface area contributed by atoms with E-state index in [-0.39, 0.29) is 24.3 Å². The SMILES string of the molecule is CC(CC(=O)Nc1ncn(CC(=O)N2CCCCCC2)n1)C1CC1. The predicted octanol–water partition coefficient (Wildman–Crippen LogP) is 2.06. The first-order valence-corrected chi connectivity index (χ1v) is 9.09. The summed E-state index contributed by atoms with van der Waals surface area (Å²) in [4.78, 5) is 30.3. The molecule has 2 amide bonds. The highest BCUT2D eigenvalue weighted by molar-refractivity contribution is 5.89. The highest BCUT2D eigenvalue weighted by Gasteiger charge is 2.29. The number of carbonyl (C=O) groups is 2. The minimum absolute atomic E-state index is 0.0500. The van der Waals surface area contributed by atoms with Gasteiger partial charge in [0.15, 0.2) is 0 Å². The van der Waals surface area contributed by atoms with Crippen LogP contribution in [0.15, 0.2) is 6.33 Å². The lowest BCUT2D eigenvalue weighted by Gasteiger charge is -2.19. The average molecular weight is 333 g/mol. The summed E-state index contributed by atoms with van der Waals surface area (Å²) in [5.41, 5.74) is 0. The molecular formula is C17H27N5O2. The molecule has 1 aromatic rings. The molecule has 2 fully saturated rings. The van der Waals surface area contributed by atoms with Crippen LogP contribution >= 0.6 is 0 Å². The molecular weight excluding hydrogens is 306 g/mol. The largest absolute Gasteiger partial charge is 0.341 e. The van der Waals surface area contributed by atoms with Crippen molar-refractivity contribution in [3.8, 4) is 0 Å². The Labute approximate surface area is 142 Å². The molecule has 1 aromatic heterocycles. The molecule has 7 nitrogen and oxygen atoms in total. The third-order valence-electron chi connectivity index (χ3n) is 4.98. The molecule has 1 atom stereocenters. The Morgan fingerprint density at radius 1 is 1.25 bits per heavy atom. The number of carbonyl (C=O) groups excluding carboxylic acids is 2. The van der Waals surface area contributed by atoms with Gasteiger partial charge in [0, 0.05) is 19.5 Å². The van der Waals surface area contributed by atoms with E-state index in [9.17, 15) is 9.59 Å². The molecule has 1 aliphatic heterocycles. The molecule has 24 heavy (non-hydrogen) atoms. The maximum atomic E-state index is 12.3. The van der Waals surface area contributed by atoms with E-state index in [4.69, 9.17) is 0 Å². The van der Waals surface area contributed by atoms with Gasteiger partial charge in [-0.1, -0.05) is 19.8 Å². The number of hydrogen-bond donors (Lipinski definition) is 1. The molecule has 0 bridgehead atoms. The van der Waals surface area contributed by atoms with E-state index >= 15 is 0 Å². The quantitative estimate of drug-likeness (QED) is 0.864. The smallest absolute Gasteiger partial charge is 0.248 e. The van der Waals surface area contributed by atoms with Crippen LogP contribution in [0.1, 0.15) is 51.9 Å². The lowest BCUT2D eigenvalue weighted by atomic mass is 10.0. The van der Waals surface area contributed by atoms with E-state index < -0.39 is 0 Å². The second-order valence-corrected chi connectivity index (χ2v) is 7.13. The minimum Gasteiger partial charge on any atom is -0.341 e. The minimum atomic E-state index is -0.0500. The van der Waals surface area contributed by atoms with Crippen LogP contribution in [-0.4, -0.2) is 44.6 Å². The maximum Gasteiger partial charge on any atom is 0.248 e. The number of nitrogens with zero attached hydrogens (tertiary/aromatic N) is 4. The van der Waals surface area contributed by atoms with Crippen LogP contribution in [0.3, 0.4) is 0 Å². The van der Waals surface area contributed by atoms with E-state index in [1.807, 2.05) is 4.90 Å². The van der Waals surface area contributed by atoms with Crippen LogP contribution in [0.4, 0.5) is 5.95 Å². The Morgan fingerprint density at radius 3 is 2.62 bits per heavy atom. The molecule has 7 heteroatoms. The van der Waals surface area contributed by atoms with Crippen LogP contribution < -0.4 is 5.32 Å². The number of nitrogens with one attached hydrogen (secondary N) is 1. The standard InChI is InChI=1S/C17H27N5O2/c1-13(14-6-7-14)10-15(23)19-17-18-12-22(20-17)11-16(24)21-8-4-2-3-5-9-21/h12-14H,2-11H2,1H3,(H,19,20,23). The fourth-order valence-electron chi connectivity index (χ4n) is 3.29. The summed E-state index contributed by atoms with van der Waals surface area (Å²) in [5, 5.41) is 6.93. The van der Waals surface area contributed by atoms with Gasteiger partial charge in [0.1, 0.15) is 12.9 Å². The maximum absolute atomic E-state index is 12.3. The second-order valence-electron chi connectivity index (χ2n) is 7.13. The topological polar surface area (TPSA) is 80.1 Å². The van der Waals surface area contributed by atoms with Crippen LogP contribution in [0.2, 0.25) is 0 Å². The summed E-state index contributed by atoms with van der Waals surface area (Å²) in [6.45, 7) is 3.96. The van der Waals surface area contributed by atoms with E-state index in [2.05, 4.69) is 22.3 Å². The number of anilines is 1. The molecule has 132 valence electrons. The zero-order valence-electron chi connectivity index (χ0n) is 14.4. The van der Waals surface area contributed by atoms with E-state index in [1.54, 1.807) is 0 Å². The molecule has 2 heterocycles. The van der Waals surface area contributed by atoms with Crippen LogP contribution in [0.5, 0.6) is 0 Å². The van der Waals surface area contributed by atoms with Gasteiger partial charge < -0.3 is 4.90 Å². The second kappa shape index (κ2) is 7.77. The Morgan fingerprint density at radius 2 is 1.96 bits per heavy atom. The lowest BCUT2D eigenvalue weighted by molar-refractivity contribution is -0.132. The first-order chi connectivity index (χ1) is 11.6. The molecule has 1 saturated heterocycles. The first kappa shape index (κ1) is 16.9. The Bertz CT molecular complexity index is 573. The molecule has 2 aliphatic rings. The van der Waals surface area contributed by atoms with Crippen molar-refractivity contribution in [3.05, 3.63) is 6.33 Å². The molecule has 0 radical (unpaired) electrons. The van der Waals surface area contributed by atoms with Crippen molar-refractivity contribution < 1.29 is 9.59 Å². The van der Waals surface area contributed by atoms with Crippen LogP contribution in [0, 0.1) is 11.8 Å². The Balaban J connectivity index is 1.47. The van der Waals surface area contributed by atoms with Crippen molar-refractivity contribution in [2.75, 3.05) is 18.4 Å². The van der Waals surface area contributed by atoms with Gasteiger partial charge in [0.25, 0.3) is 0 Å². The van der Waals surface area contributed by atoms with Gasteiger partial charge in [-0.05, 0) is 37.5 Å². The summed E-state index contributed by atoms with van der Waals surface area (Å²) < 4.78 is 1.51. The molecule has 1 saturated carbocycles. The molecule has 1 aliphatic carbocycles. The zero-order valence-corrected chi connectivity index (χ0v) is 14.4. The number of likely N-dealkylation sites (tertiary alicyclic amines) is 1. The lowest BCUT2D eigenvalue weighted by Crippen LogP contribution is -2.34. The number of rotatable bonds is 6. The fraction of sp³-hybridized carbons (Fsp3) is 0.765. The normalized spacial score (nSPS) is 19.6. The molecule has 1 N–H and O–H groups in total. The van der Waals surface area contributed by atoms with Crippen molar-refractivity contribution in [2.45, 2.75) is 58.4 Å². The van der Waals surface area contributed by atoms with Gasteiger partial charge in [-0.3, -0.25) is 14.9 Å². The predicted molar refractivity (Wildman–Crippen MR) is 90.2 cm³/mol. The van der Waals surface area contributed by atoms with Gasteiger partial charge in [0.2, 0.25) is 17.8 Å². The van der Waals surface area contributed by atoms with Crippen molar-refractivity contribution >= 4 is 17.8 Å².